The van der Waals surface area contributed by atoms with E-state index in [4.69, 9.17) is 4.74 Å². The second-order valence-electron chi connectivity index (χ2n) is 4.47. The molecule has 0 saturated carbocycles. The molecular formula is C15H21NO4. The van der Waals surface area contributed by atoms with Gasteiger partial charge in [-0.25, -0.2) is 0 Å². The van der Waals surface area contributed by atoms with Crippen LogP contribution in [0.5, 0.6) is 0 Å². The first-order valence-electron chi connectivity index (χ1n) is 6.49. The largest absolute Gasteiger partial charge is 0.469 e. The number of amides is 1. The van der Waals surface area contributed by atoms with E-state index in [0.717, 1.165) is 5.56 Å². The zero-order valence-corrected chi connectivity index (χ0v) is 12.2. The molecule has 0 saturated heterocycles. The Morgan fingerprint density at radius 1 is 1.20 bits per heavy atom. The van der Waals surface area contributed by atoms with Crippen molar-refractivity contribution in [1.29, 1.82) is 0 Å². The normalized spacial score (nSPS) is 11.8. The highest BCUT2D eigenvalue weighted by Crippen LogP contribution is 2.18. The second-order valence-corrected chi connectivity index (χ2v) is 4.47. The van der Waals surface area contributed by atoms with E-state index in [0.29, 0.717) is 19.4 Å². The summed E-state index contributed by atoms with van der Waals surface area (Å²) < 4.78 is 9.85. The molecule has 20 heavy (non-hydrogen) atoms. The van der Waals surface area contributed by atoms with Crippen LogP contribution in [0.25, 0.3) is 0 Å². The van der Waals surface area contributed by atoms with Crippen LogP contribution < -0.4 is 0 Å². The zero-order valence-electron chi connectivity index (χ0n) is 12.2. The van der Waals surface area contributed by atoms with Crippen LogP contribution in [0, 0.1) is 0 Å². The summed E-state index contributed by atoms with van der Waals surface area (Å²) in [6, 6.07) is 9.33. The maximum absolute atomic E-state index is 12.3. The third-order valence-corrected chi connectivity index (χ3v) is 3.04. The molecule has 1 rings (SSSR count). The van der Waals surface area contributed by atoms with Gasteiger partial charge in [-0.1, -0.05) is 30.3 Å². The maximum Gasteiger partial charge on any atom is 0.305 e. The summed E-state index contributed by atoms with van der Waals surface area (Å²) in [6.45, 7) is 0.487. The topological polar surface area (TPSA) is 55.8 Å². The number of nitrogens with zero attached hydrogens (tertiary/aromatic N) is 1. The number of hydrogen-bond donors (Lipinski definition) is 0. The number of hydrogen-bond acceptors (Lipinski definition) is 4. The van der Waals surface area contributed by atoms with Gasteiger partial charge in [-0.2, -0.15) is 0 Å². The quantitative estimate of drug-likeness (QED) is 0.714. The highest BCUT2D eigenvalue weighted by Gasteiger charge is 2.23. The fraction of sp³-hybridized carbons (Fsp3) is 0.467. The number of likely N-dealkylation sites (N-methyl/N-ethyl adjacent to an activating group) is 1. The molecule has 1 unspecified atom stereocenters. The van der Waals surface area contributed by atoms with Crippen molar-refractivity contribution in [3.63, 3.8) is 0 Å². The summed E-state index contributed by atoms with van der Waals surface area (Å²) in [4.78, 5) is 24.9. The molecule has 0 aliphatic heterocycles. The predicted molar refractivity (Wildman–Crippen MR) is 75.1 cm³/mol. The molecule has 1 aromatic carbocycles. The lowest BCUT2D eigenvalue weighted by Gasteiger charge is -2.23. The van der Waals surface area contributed by atoms with Crippen molar-refractivity contribution in [1.82, 2.24) is 4.90 Å². The van der Waals surface area contributed by atoms with Gasteiger partial charge in [0.25, 0.3) is 5.91 Å². The van der Waals surface area contributed by atoms with E-state index in [1.807, 2.05) is 30.3 Å². The Bertz CT molecular complexity index is 433. The van der Waals surface area contributed by atoms with Crippen LogP contribution in [0.1, 0.15) is 24.5 Å². The summed E-state index contributed by atoms with van der Waals surface area (Å²) in [7, 11) is 4.57. The minimum atomic E-state index is -0.612. The van der Waals surface area contributed by atoms with Crippen molar-refractivity contribution in [3.8, 4) is 0 Å². The van der Waals surface area contributed by atoms with Crippen molar-refractivity contribution in [2.45, 2.75) is 18.9 Å². The number of esters is 1. The van der Waals surface area contributed by atoms with E-state index < -0.39 is 6.10 Å². The number of benzene rings is 1. The van der Waals surface area contributed by atoms with Gasteiger partial charge in [0.1, 0.15) is 0 Å². The van der Waals surface area contributed by atoms with Crippen molar-refractivity contribution in [2.75, 3.05) is 27.8 Å². The Morgan fingerprint density at radius 2 is 1.85 bits per heavy atom. The lowest BCUT2D eigenvalue weighted by Crippen LogP contribution is -2.33. The van der Waals surface area contributed by atoms with Crippen molar-refractivity contribution in [3.05, 3.63) is 35.9 Å². The van der Waals surface area contributed by atoms with Gasteiger partial charge in [0.15, 0.2) is 6.10 Å². The van der Waals surface area contributed by atoms with Crippen molar-refractivity contribution >= 4 is 11.9 Å². The Kier molecular flexibility index (Phi) is 6.73. The lowest BCUT2D eigenvalue weighted by atomic mass is 10.1. The second kappa shape index (κ2) is 8.32. The van der Waals surface area contributed by atoms with Gasteiger partial charge in [0, 0.05) is 27.1 Å². The smallest absolute Gasteiger partial charge is 0.305 e. The van der Waals surface area contributed by atoms with E-state index in [1.54, 1.807) is 11.9 Å². The van der Waals surface area contributed by atoms with E-state index in [1.165, 1.54) is 14.2 Å². The van der Waals surface area contributed by atoms with Crippen LogP contribution in [0.4, 0.5) is 0 Å². The fourth-order valence-electron chi connectivity index (χ4n) is 1.88. The molecule has 0 spiro atoms. The molecule has 0 aliphatic rings. The average molecular weight is 279 g/mol. The predicted octanol–water partition coefficient (Wildman–Crippen LogP) is 1.79. The number of methoxy groups -OCH3 is 2. The van der Waals surface area contributed by atoms with Gasteiger partial charge in [-0.05, 0) is 12.0 Å². The van der Waals surface area contributed by atoms with Gasteiger partial charge in [0.05, 0.1) is 7.11 Å². The highest BCUT2D eigenvalue weighted by molar-refractivity contribution is 5.82. The Balaban J connectivity index is 2.56. The summed E-state index contributed by atoms with van der Waals surface area (Å²) in [6.07, 6.45) is 0.261. The number of ether oxygens (including phenoxy) is 2. The van der Waals surface area contributed by atoms with Crippen LogP contribution in [0.2, 0.25) is 0 Å². The van der Waals surface area contributed by atoms with E-state index in [-0.39, 0.29) is 11.9 Å². The molecule has 5 heteroatoms. The molecule has 0 fully saturated rings. The zero-order chi connectivity index (χ0) is 15.0. The third-order valence-electron chi connectivity index (χ3n) is 3.04. The first-order chi connectivity index (χ1) is 9.60. The standard InChI is InChI=1S/C15H21NO4/c1-16(11-7-10-13(17)19-2)15(18)14(20-3)12-8-5-4-6-9-12/h4-6,8-9,14H,7,10-11H2,1-3H3. The van der Waals surface area contributed by atoms with Crippen molar-refractivity contribution < 1.29 is 19.1 Å². The Labute approximate surface area is 119 Å². The van der Waals surface area contributed by atoms with Gasteiger partial charge in [0.2, 0.25) is 0 Å². The monoisotopic (exact) mass is 279 g/mol. The SMILES string of the molecule is COC(=O)CCCN(C)C(=O)C(OC)c1ccccc1. The molecule has 0 heterocycles. The molecule has 1 amide bonds. The fourth-order valence-corrected chi connectivity index (χ4v) is 1.88. The molecule has 1 aromatic rings. The summed E-state index contributed by atoms with van der Waals surface area (Å²) >= 11 is 0. The van der Waals surface area contributed by atoms with Crippen LogP contribution >= 0.6 is 0 Å². The number of rotatable bonds is 7. The minimum Gasteiger partial charge on any atom is -0.469 e. The van der Waals surface area contributed by atoms with Crippen LogP contribution in [0.3, 0.4) is 0 Å². The summed E-state index contributed by atoms with van der Waals surface area (Å²) in [5.74, 6) is -0.388. The van der Waals surface area contributed by atoms with Crippen LogP contribution in [-0.4, -0.2) is 44.6 Å². The van der Waals surface area contributed by atoms with E-state index in [9.17, 15) is 9.59 Å². The minimum absolute atomic E-state index is 0.122. The average Bonchev–Trinajstić information content (AvgIpc) is 2.48. The molecule has 0 radical (unpaired) electrons. The Hall–Kier alpha value is -1.88. The molecule has 110 valence electrons. The highest BCUT2D eigenvalue weighted by atomic mass is 16.5. The molecule has 0 bridgehead atoms. The summed E-state index contributed by atoms with van der Waals surface area (Å²) in [5, 5.41) is 0. The number of carbonyl (C=O) groups is 2. The first-order valence-corrected chi connectivity index (χ1v) is 6.49. The van der Waals surface area contributed by atoms with E-state index >= 15 is 0 Å². The molecular weight excluding hydrogens is 258 g/mol. The molecule has 0 N–H and O–H groups in total. The van der Waals surface area contributed by atoms with Crippen molar-refractivity contribution in [2.24, 2.45) is 0 Å². The first kappa shape index (κ1) is 16.2. The molecule has 1 atom stereocenters. The lowest BCUT2D eigenvalue weighted by molar-refractivity contribution is -0.143. The summed E-state index contributed by atoms with van der Waals surface area (Å²) in [5.41, 5.74) is 0.819. The maximum atomic E-state index is 12.3. The van der Waals surface area contributed by atoms with Gasteiger partial charge >= 0.3 is 5.97 Å². The van der Waals surface area contributed by atoms with Gasteiger partial charge in [-0.3, -0.25) is 9.59 Å². The van der Waals surface area contributed by atoms with Crippen LogP contribution in [0.15, 0.2) is 30.3 Å². The van der Waals surface area contributed by atoms with Gasteiger partial charge in [-0.15, -0.1) is 0 Å². The van der Waals surface area contributed by atoms with Crippen LogP contribution in [-0.2, 0) is 19.1 Å². The molecule has 0 aromatic heterocycles. The van der Waals surface area contributed by atoms with E-state index in [2.05, 4.69) is 4.74 Å². The Morgan fingerprint density at radius 3 is 2.40 bits per heavy atom. The number of carbonyl (C=O) groups excluding carboxylic acids is 2. The molecule has 5 nitrogen and oxygen atoms in total. The third kappa shape index (κ3) is 4.66. The van der Waals surface area contributed by atoms with Gasteiger partial charge < -0.3 is 14.4 Å². The molecule has 0 aliphatic carbocycles.